The molecule has 0 radical (unpaired) electrons. The molecule has 1 atom stereocenters. The Kier molecular flexibility index (Phi) is 5.95. The summed E-state index contributed by atoms with van der Waals surface area (Å²) in [5, 5.41) is 5.52. The minimum Gasteiger partial charge on any atom is -0.495 e. The molecule has 7 heteroatoms. The molecule has 1 aromatic rings. The molecule has 0 unspecified atom stereocenters. The summed E-state index contributed by atoms with van der Waals surface area (Å²) in [4.78, 5) is 25.4. The Morgan fingerprint density at radius 2 is 2.17 bits per heavy atom. The summed E-state index contributed by atoms with van der Waals surface area (Å²) in [6.45, 7) is 5.82. The fraction of sp³-hybridized carbons (Fsp3) is 0.500. The van der Waals surface area contributed by atoms with Gasteiger partial charge in [0.15, 0.2) is 0 Å². The van der Waals surface area contributed by atoms with E-state index in [4.69, 9.17) is 9.47 Å². The first kappa shape index (κ1) is 17.2. The molecule has 23 heavy (non-hydrogen) atoms. The smallest absolute Gasteiger partial charge is 0.238 e. The van der Waals surface area contributed by atoms with E-state index in [0.717, 1.165) is 13.1 Å². The summed E-state index contributed by atoms with van der Waals surface area (Å²) in [5.41, 5.74) is 1.14. The van der Waals surface area contributed by atoms with Gasteiger partial charge in [0.05, 0.1) is 32.1 Å². The summed E-state index contributed by atoms with van der Waals surface area (Å²) in [5.74, 6) is 0.245. The molecule has 0 aromatic heterocycles. The van der Waals surface area contributed by atoms with Gasteiger partial charge in [-0.1, -0.05) is 0 Å². The van der Waals surface area contributed by atoms with Crippen LogP contribution in [0.1, 0.15) is 13.8 Å². The molecule has 1 saturated heterocycles. The van der Waals surface area contributed by atoms with Crippen molar-refractivity contribution in [2.45, 2.75) is 20.0 Å². The number of nitrogens with zero attached hydrogens (tertiary/aromatic N) is 1. The van der Waals surface area contributed by atoms with Crippen LogP contribution in [-0.4, -0.2) is 56.2 Å². The van der Waals surface area contributed by atoms with Crippen molar-refractivity contribution >= 4 is 23.2 Å². The molecule has 1 aliphatic heterocycles. The van der Waals surface area contributed by atoms with Gasteiger partial charge in [-0.25, -0.2) is 0 Å². The topological polar surface area (TPSA) is 79.9 Å². The predicted molar refractivity (Wildman–Crippen MR) is 87.8 cm³/mol. The second-order valence-corrected chi connectivity index (χ2v) is 5.56. The van der Waals surface area contributed by atoms with Crippen LogP contribution in [-0.2, 0) is 14.3 Å². The van der Waals surface area contributed by atoms with Crippen LogP contribution in [0.15, 0.2) is 18.2 Å². The Morgan fingerprint density at radius 1 is 1.39 bits per heavy atom. The van der Waals surface area contributed by atoms with Crippen molar-refractivity contribution in [3.63, 3.8) is 0 Å². The van der Waals surface area contributed by atoms with E-state index in [1.54, 1.807) is 18.2 Å². The zero-order valence-electron chi connectivity index (χ0n) is 13.7. The molecular formula is C16H23N3O4. The number of ether oxygens (including phenoxy) is 2. The van der Waals surface area contributed by atoms with Crippen LogP contribution in [0.25, 0.3) is 0 Å². The number of carbonyl (C=O) groups excluding carboxylic acids is 2. The molecule has 7 nitrogen and oxygen atoms in total. The molecular weight excluding hydrogens is 298 g/mol. The fourth-order valence-electron chi connectivity index (χ4n) is 2.51. The van der Waals surface area contributed by atoms with Crippen molar-refractivity contribution in [2.75, 3.05) is 44.0 Å². The van der Waals surface area contributed by atoms with Gasteiger partial charge in [0, 0.05) is 25.7 Å². The first-order chi connectivity index (χ1) is 11.0. The number of anilines is 2. The third kappa shape index (κ3) is 5.22. The van der Waals surface area contributed by atoms with Crippen LogP contribution < -0.4 is 15.4 Å². The minimum atomic E-state index is -0.172. The Morgan fingerprint density at radius 3 is 2.83 bits per heavy atom. The average Bonchev–Trinajstić information content (AvgIpc) is 2.46. The van der Waals surface area contributed by atoms with Gasteiger partial charge in [-0.15, -0.1) is 0 Å². The van der Waals surface area contributed by atoms with E-state index < -0.39 is 0 Å². The number of methoxy groups -OCH3 is 1. The summed E-state index contributed by atoms with van der Waals surface area (Å²) >= 11 is 0. The second-order valence-electron chi connectivity index (χ2n) is 5.56. The lowest BCUT2D eigenvalue weighted by Crippen LogP contribution is -2.44. The van der Waals surface area contributed by atoms with Crippen molar-refractivity contribution in [3.05, 3.63) is 18.2 Å². The van der Waals surface area contributed by atoms with Gasteiger partial charge in [0.2, 0.25) is 11.8 Å². The lowest BCUT2D eigenvalue weighted by molar-refractivity contribution is -0.119. The van der Waals surface area contributed by atoms with Crippen LogP contribution in [0.4, 0.5) is 11.4 Å². The standard InChI is InChI=1S/C16H23N3O4/c1-11-9-19(6-7-23-11)10-16(21)18-14-8-13(17-12(2)20)4-5-15(14)22-3/h4-5,8,11H,6-7,9-10H2,1-3H3,(H,17,20)(H,18,21)/t11-/m1/s1. The van der Waals surface area contributed by atoms with Gasteiger partial charge in [-0.05, 0) is 25.1 Å². The normalized spacial score (nSPS) is 18.3. The van der Waals surface area contributed by atoms with Crippen molar-refractivity contribution in [1.29, 1.82) is 0 Å². The van der Waals surface area contributed by atoms with Gasteiger partial charge in [-0.3, -0.25) is 14.5 Å². The Hall–Kier alpha value is -2.12. The molecule has 1 fully saturated rings. The lowest BCUT2D eigenvalue weighted by atomic mass is 10.2. The largest absolute Gasteiger partial charge is 0.495 e. The second kappa shape index (κ2) is 7.94. The number of nitrogens with one attached hydrogen (secondary N) is 2. The zero-order valence-corrected chi connectivity index (χ0v) is 13.7. The summed E-state index contributed by atoms with van der Waals surface area (Å²) in [6.07, 6.45) is 0.134. The van der Waals surface area contributed by atoms with E-state index in [2.05, 4.69) is 10.6 Å². The maximum absolute atomic E-state index is 12.3. The molecule has 126 valence electrons. The van der Waals surface area contributed by atoms with Gasteiger partial charge in [0.25, 0.3) is 0 Å². The molecule has 1 aliphatic rings. The molecule has 0 spiro atoms. The highest BCUT2D eigenvalue weighted by atomic mass is 16.5. The van der Waals surface area contributed by atoms with E-state index >= 15 is 0 Å². The first-order valence-corrected chi connectivity index (χ1v) is 7.57. The monoisotopic (exact) mass is 321 g/mol. The molecule has 2 N–H and O–H groups in total. The van der Waals surface area contributed by atoms with Crippen LogP contribution in [0.5, 0.6) is 5.75 Å². The van der Waals surface area contributed by atoms with Crippen LogP contribution in [0.3, 0.4) is 0 Å². The summed E-state index contributed by atoms with van der Waals surface area (Å²) in [7, 11) is 1.53. The Labute approximate surface area is 135 Å². The Bertz CT molecular complexity index is 576. The molecule has 0 aliphatic carbocycles. The third-order valence-electron chi connectivity index (χ3n) is 3.49. The summed E-state index contributed by atoms with van der Waals surface area (Å²) in [6, 6.07) is 5.11. The number of hydrogen-bond acceptors (Lipinski definition) is 5. The van der Waals surface area contributed by atoms with E-state index in [0.29, 0.717) is 30.3 Å². The van der Waals surface area contributed by atoms with E-state index in [1.807, 2.05) is 11.8 Å². The van der Waals surface area contributed by atoms with E-state index in [1.165, 1.54) is 14.0 Å². The number of rotatable bonds is 5. The van der Waals surface area contributed by atoms with Crippen molar-refractivity contribution in [1.82, 2.24) is 4.90 Å². The predicted octanol–water partition coefficient (Wildman–Crippen LogP) is 1.31. The molecule has 0 saturated carbocycles. The number of morpholine rings is 1. The van der Waals surface area contributed by atoms with Crippen LogP contribution >= 0.6 is 0 Å². The Balaban J connectivity index is 2.02. The maximum Gasteiger partial charge on any atom is 0.238 e. The lowest BCUT2D eigenvalue weighted by Gasteiger charge is -2.30. The van der Waals surface area contributed by atoms with Crippen molar-refractivity contribution in [2.24, 2.45) is 0 Å². The molecule has 1 aromatic carbocycles. The summed E-state index contributed by atoms with van der Waals surface area (Å²) < 4.78 is 10.7. The number of hydrogen-bond donors (Lipinski definition) is 2. The maximum atomic E-state index is 12.3. The van der Waals surface area contributed by atoms with Crippen LogP contribution in [0.2, 0.25) is 0 Å². The fourth-order valence-corrected chi connectivity index (χ4v) is 2.51. The van der Waals surface area contributed by atoms with Gasteiger partial charge in [-0.2, -0.15) is 0 Å². The molecule has 1 heterocycles. The van der Waals surface area contributed by atoms with Crippen molar-refractivity contribution < 1.29 is 19.1 Å². The van der Waals surface area contributed by atoms with E-state index in [9.17, 15) is 9.59 Å². The average molecular weight is 321 g/mol. The van der Waals surface area contributed by atoms with E-state index in [-0.39, 0.29) is 17.9 Å². The van der Waals surface area contributed by atoms with Gasteiger partial charge >= 0.3 is 0 Å². The SMILES string of the molecule is COc1ccc(NC(C)=O)cc1NC(=O)CN1CCO[C@H](C)C1. The number of benzene rings is 1. The van der Waals surface area contributed by atoms with Gasteiger partial charge in [0.1, 0.15) is 5.75 Å². The molecule has 2 amide bonds. The molecule has 0 bridgehead atoms. The number of amides is 2. The highest BCUT2D eigenvalue weighted by Gasteiger charge is 2.19. The van der Waals surface area contributed by atoms with Crippen molar-refractivity contribution in [3.8, 4) is 5.75 Å². The molecule has 2 rings (SSSR count). The van der Waals surface area contributed by atoms with Crippen LogP contribution in [0, 0.1) is 0 Å². The highest BCUT2D eigenvalue weighted by Crippen LogP contribution is 2.27. The highest BCUT2D eigenvalue weighted by molar-refractivity contribution is 5.95. The van der Waals surface area contributed by atoms with Gasteiger partial charge < -0.3 is 20.1 Å². The zero-order chi connectivity index (χ0) is 16.8. The minimum absolute atomic E-state index is 0.127. The first-order valence-electron chi connectivity index (χ1n) is 7.57. The quantitative estimate of drug-likeness (QED) is 0.855. The number of carbonyl (C=O) groups is 2. The third-order valence-corrected chi connectivity index (χ3v) is 3.49.